The first-order valence-electron chi connectivity index (χ1n) is 7.66. The predicted octanol–water partition coefficient (Wildman–Crippen LogP) is 3.03. The summed E-state index contributed by atoms with van der Waals surface area (Å²) in [7, 11) is 1.72. The molecule has 3 nitrogen and oxygen atoms in total. The summed E-state index contributed by atoms with van der Waals surface area (Å²) >= 11 is 0. The van der Waals surface area contributed by atoms with Crippen LogP contribution in [0.15, 0.2) is 24.3 Å². The number of methoxy groups -OCH3 is 1. The van der Waals surface area contributed by atoms with Crippen molar-refractivity contribution in [2.24, 2.45) is 5.92 Å². The van der Waals surface area contributed by atoms with Gasteiger partial charge in [0.05, 0.1) is 7.11 Å². The fourth-order valence-corrected chi connectivity index (χ4v) is 4.06. The molecule has 0 unspecified atom stereocenters. The summed E-state index contributed by atoms with van der Waals surface area (Å²) in [4.78, 5) is 11.8. The summed E-state index contributed by atoms with van der Waals surface area (Å²) in [5, 5.41) is 3.10. The molecule has 1 aromatic carbocycles. The minimum Gasteiger partial charge on any atom is -0.497 e. The number of hydrogen-bond donors (Lipinski definition) is 1. The topological polar surface area (TPSA) is 38.3 Å². The molecule has 0 aromatic heterocycles. The molecular weight excluding hydrogens is 250 g/mol. The van der Waals surface area contributed by atoms with E-state index < -0.39 is 0 Å². The Balaban J connectivity index is 2.01. The molecule has 0 bridgehead atoms. The lowest BCUT2D eigenvalue weighted by molar-refractivity contribution is -0.120. The smallest absolute Gasteiger partial charge is 0.220 e. The summed E-state index contributed by atoms with van der Waals surface area (Å²) < 4.78 is 5.39. The summed E-state index contributed by atoms with van der Waals surface area (Å²) in [5.41, 5.74) is 1.52. The Labute approximate surface area is 120 Å². The molecular formula is C17H23NO2. The van der Waals surface area contributed by atoms with Crippen LogP contribution in [0.2, 0.25) is 0 Å². The Kier molecular flexibility index (Phi) is 3.68. The highest BCUT2D eigenvalue weighted by molar-refractivity contribution is 5.76. The molecule has 1 heterocycles. The van der Waals surface area contributed by atoms with E-state index in [9.17, 15) is 4.79 Å². The van der Waals surface area contributed by atoms with Crippen molar-refractivity contribution in [2.75, 3.05) is 13.7 Å². The van der Waals surface area contributed by atoms with Gasteiger partial charge in [0.1, 0.15) is 5.75 Å². The number of rotatable bonds is 2. The summed E-state index contributed by atoms with van der Waals surface area (Å²) in [6, 6.07) is 8.47. The van der Waals surface area contributed by atoms with Gasteiger partial charge >= 0.3 is 0 Å². The number of carbonyl (C=O) groups is 1. The van der Waals surface area contributed by atoms with Crippen molar-refractivity contribution in [3.05, 3.63) is 29.8 Å². The zero-order chi connectivity index (χ0) is 14.0. The SMILES string of the molecule is COc1cccc([C@@]23CCCC[C@H]2CNC(=O)CC3)c1. The summed E-state index contributed by atoms with van der Waals surface area (Å²) in [6.45, 7) is 0.829. The number of benzene rings is 1. The standard InChI is InChI=1S/C17H23NO2/c1-20-15-7-4-6-13(11-15)17-9-3-2-5-14(17)12-18-16(19)8-10-17/h4,6-7,11,14H,2-3,5,8-10,12H2,1H3,(H,18,19)/t14-,17-/m0/s1. The number of fused-ring (bicyclic) bond motifs is 1. The molecule has 1 amide bonds. The molecule has 2 aliphatic rings. The van der Waals surface area contributed by atoms with Crippen LogP contribution in [0.3, 0.4) is 0 Å². The monoisotopic (exact) mass is 273 g/mol. The molecule has 0 spiro atoms. The van der Waals surface area contributed by atoms with Crippen LogP contribution < -0.4 is 10.1 Å². The molecule has 1 N–H and O–H groups in total. The average Bonchev–Trinajstić information content (AvgIpc) is 2.68. The van der Waals surface area contributed by atoms with Gasteiger partial charge in [0, 0.05) is 18.4 Å². The third-order valence-electron chi connectivity index (χ3n) is 5.20. The molecule has 1 aliphatic carbocycles. The molecule has 20 heavy (non-hydrogen) atoms. The molecule has 2 atom stereocenters. The average molecular weight is 273 g/mol. The molecule has 2 fully saturated rings. The first kappa shape index (κ1) is 13.5. The molecule has 1 saturated heterocycles. The van der Waals surface area contributed by atoms with Crippen LogP contribution in [0.5, 0.6) is 5.75 Å². The van der Waals surface area contributed by atoms with E-state index in [1.54, 1.807) is 7.11 Å². The van der Waals surface area contributed by atoms with E-state index >= 15 is 0 Å². The lowest BCUT2D eigenvalue weighted by atomic mass is 9.61. The van der Waals surface area contributed by atoms with Crippen molar-refractivity contribution in [3.63, 3.8) is 0 Å². The Bertz CT molecular complexity index is 500. The van der Waals surface area contributed by atoms with E-state index in [-0.39, 0.29) is 11.3 Å². The zero-order valence-electron chi connectivity index (χ0n) is 12.2. The zero-order valence-corrected chi connectivity index (χ0v) is 12.2. The predicted molar refractivity (Wildman–Crippen MR) is 78.9 cm³/mol. The van der Waals surface area contributed by atoms with Gasteiger partial charge < -0.3 is 10.1 Å². The Morgan fingerprint density at radius 3 is 3.05 bits per heavy atom. The van der Waals surface area contributed by atoms with Crippen LogP contribution in [-0.2, 0) is 10.2 Å². The number of ether oxygens (including phenoxy) is 1. The van der Waals surface area contributed by atoms with E-state index in [1.165, 1.54) is 31.2 Å². The third kappa shape index (κ3) is 2.30. The van der Waals surface area contributed by atoms with Gasteiger partial charge in [0.2, 0.25) is 5.91 Å². The molecule has 1 aliphatic heterocycles. The number of nitrogens with one attached hydrogen (secondary N) is 1. The first-order chi connectivity index (χ1) is 9.74. The maximum atomic E-state index is 11.8. The second-order valence-corrected chi connectivity index (χ2v) is 6.13. The van der Waals surface area contributed by atoms with Crippen molar-refractivity contribution in [1.82, 2.24) is 5.32 Å². The molecule has 3 rings (SSSR count). The fraction of sp³-hybridized carbons (Fsp3) is 0.588. The first-order valence-corrected chi connectivity index (χ1v) is 7.66. The molecule has 108 valence electrons. The number of hydrogen-bond acceptors (Lipinski definition) is 2. The highest BCUT2D eigenvalue weighted by Crippen LogP contribution is 2.48. The van der Waals surface area contributed by atoms with Crippen LogP contribution in [0, 0.1) is 5.92 Å². The minimum atomic E-state index is 0.159. The van der Waals surface area contributed by atoms with Crippen molar-refractivity contribution in [2.45, 2.75) is 43.9 Å². The second-order valence-electron chi connectivity index (χ2n) is 6.13. The van der Waals surface area contributed by atoms with Gasteiger partial charge in [-0.2, -0.15) is 0 Å². The van der Waals surface area contributed by atoms with E-state index in [1.807, 2.05) is 6.07 Å². The minimum absolute atomic E-state index is 0.159. The van der Waals surface area contributed by atoms with E-state index in [2.05, 4.69) is 23.5 Å². The maximum absolute atomic E-state index is 11.8. The van der Waals surface area contributed by atoms with Crippen LogP contribution in [0.4, 0.5) is 0 Å². The fourth-order valence-electron chi connectivity index (χ4n) is 4.06. The van der Waals surface area contributed by atoms with E-state index in [0.717, 1.165) is 18.7 Å². The van der Waals surface area contributed by atoms with Gasteiger partial charge in [-0.3, -0.25) is 4.79 Å². The van der Waals surface area contributed by atoms with Crippen molar-refractivity contribution < 1.29 is 9.53 Å². The van der Waals surface area contributed by atoms with Crippen molar-refractivity contribution in [1.29, 1.82) is 0 Å². The quantitative estimate of drug-likeness (QED) is 0.899. The Morgan fingerprint density at radius 1 is 1.30 bits per heavy atom. The number of carbonyl (C=O) groups excluding carboxylic acids is 1. The van der Waals surface area contributed by atoms with Crippen LogP contribution in [0.1, 0.15) is 44.1 Å². The van der Waals surface area contributed by atoms with Gasteiger partial charge in [-0.15, -0.1) is 0 Å². The number of amides is 1. The highest BCUT2D eigenvalue weighted by Gasteiger charge is 2.43. The lowest BCUT2D eigenvalue weighted by Crippen LogP contribution is -2.41. The van der Waals surface area contributed by atoms with E-state index in [4.69, 9.17) is 4.74 Å². The largest absolute Gasteiger partial charge is 0.497 e. The van der Waals surface area contributed by atoms with Gasteiger partial charge in [-0.25, -0.2) is 0 Å². The van der Waals surface area contributed by atoms with Gasteiger partial charge in [0.15, 0.2) is 0 Å². The lowest BCUT2D eigenvalue weighted by Gasteiger charge is -2.43. The van der Waals surface area contributed by atoms with Crippen molar-refractivity contribution >= 4 is 5.91 Å². The van der Waals surface area contributed by atoms with Gasteiger partial charge in [-0.1, -0.05) is 25.0 Å². The Hall–Kier alpha value is -1.51. The molecule has 0 radical (unpaired) electrons. The van der Waals surface area contributed by atoms with Gasteiger partial charge in [-0.05, 0) is 42.9 Å². The third-order valence-corrected chi connectivity index (χ3v) is 5.20. The normalized spacial score (nSPS) is 30.1. The van der Waals surface area contributed by atoms with Crippen LogP contribution in [0.25, 0.3) is 0 Å². The van der Waals surface area contributed by atoms with Crippen molar-refractivity contribution in [3.8, 4) is 5.75 Å². The second kappa shape index (κ2) is 5.47. The summed E-state index contributed by atoms with van der Waals surface area (Å²) in [5.74, 6) is 1.70. The Morgan fingerprint density at radius 2 is 2.20 bits per heavy atom. The summed E-state index contributed by atoms with van der Waals surface area (Å²) in [6.07, 6.45) is 6.58. The van der Waals surface area contributed by atoms with E-state index in [0.29, 0.717) is 12.3 Å². The van der Waals surface area contributed by atoms with Crippen LogP contribution >= 0.6 is 0 Å². The van der Waals surface area contributed by atoms with Gasteiger partial charge in [0.25, 0.3) is 0 Å². The molecule has 1 aromatic rings. The molecule has 3 heteroatoms. The van der Waals surface area contributed by atoms with Crippen LogP contribution in [-0.4, -0.2) is 19.6 Å². The maximum Gasteiger partial charge on any atom is 0.220 e. The highest BCUT2D eigenvalue weighted by atomic mass is 16.5. The molecule has 1 saturated carbocycles.